The zero-order chi connectivity index (χ0) is 31.4. The van der Waals surface area contributed by atoms with Gasteiger partial charge in [-0.15, -0.1) is 5.10 Å². The fourth-order valence-electron chi connectivity index (χ4n) is 5.61. The van der Waals surface area contributed by atoms with E-state index >= 15 is 4.39 Å². The summed E-state index contributed by atoms with van der Waals surface area (Å²) in [7, 11) is -4.40. The highest BCUT2D eigenvalue weighted by Crippen LogP contribution is 2.53. The van der Waals surface area contributed by atoms with Crippen LogP contribution >= 0.6 is 0 Å². The van der Waals surface area contributed by atoms with E-state index in [9.17, 15) is 26.7 Å². The number of halogens is 4. The molecule has 1 aliphatic rings. The second-order valence-corrected chi connectivity index (χ2v) is 12.7. The molecule has 226 valence electrons. The Morgan fingerprint density at radius 3 is 2.26 bits per heavy atom. The smallest absolute Gasteiger partial charge is 0.393 e. The van der Waals surface area contributed by atoms with Gasteiger partial charge in [-0.05, 0) is 42.7 Å². The Bertz CT molecular complexity index is 1830. The highest BCUT2D eigenvalue weighted by atomic mass is 32.2. The van der Waals surface area contributed by atoms with Crippen molar-refractivity contribution in [1.82, 2.24) is 24.5 Å². The quantitative estimate of drug-likeness (QED) is 0.283. The van der Waals surface area contributed by atoms with E-state index in [-0.39, 0.29) is 17.1 Å². The molecule has 3 atom stereocenters. The Balaban J connectivity index is 1.88. The van der Waals surface area contributed by atoms with Gasteiger partial charge < -0.3 is 9.67 Å². The van der Waals surface area contributed by atoms with Gasteiger partial charge >= 0.3 is 6.18 Å². The van der Waals surface area contributed by atoms with E-state index in [0.29, 0.717) is 11.8 Å². The SMILES string of the molecule is Cc1ccc(C(C)c2cnnn2C2(F)C=C(c3ccccc3)C=C(S(C)(=O)=O)C2(CO)n2cc(C(F)(F)F)nc2C)cc1. The predicted molar refractivity (Wildman–Crippen MR) is 152 cm³/mol. The second-order valence-electron chi connectivity index (χ2n) is 10.7. The standard InChI is InChI=1S/C30H29F4N5O3S/c1-19-10-12-22(13-11-19)20(2)25-16-35-37-39(25)29(31)15-24(23-8-6-5-7-9-23)14-27(43(4,41)42)28(29,18-40)38-17-26(30(32,33)34)36-21(38)3/h5-17,20,40H,18H2,1-4H3. The first-order valence-corrected chi connectivity index (χ1v) is 15.1. The van der Waals surface area contributed by atoms with Crippen molar-refractivity contribution in [2.24, 2.45) is 0 Å². The van der Waals surface area contributed by atoms with Crippen LogP contribution in [-0.2, 0) is 27.3 Å². The van der Waals surface area contributed by atoms with Crippen LogP contribution in [0.15, 0.2) is 84.0 Å². The molecule has 1 N–H and O–H groups in total. The number of hydrogen-bond donors (Lipinski definition) is 1. The van der Waals surface area contributed by atoms with E-state index < -0.39 is 50.5 Å². The molecule has 0 fully saturated rings. The maximum atomic E-state index is 18.5. The molecule has 0 spiro atoms. The summed E-state index contributed by atoms with van der Waals surface area (Å²) in [6.45, 7) is 3.59. The van der Waals surface area contributed by atoms with Crippen molar-refractivity contribution >= 4 is 15.4 Å². The van der Waals surface area contributed by atoms with Gasteiger partial charge in [0, 0.05) is 18.4 Å². The Morgan fingerprint density at radius 2 is 1.70 bits per heavy atom. The van der Waals surface area contributed by atoms with Crippen LogP contribution in [0.3, 0.4) is 0 Å². The summed E-state index contributed by atoms with van der Waals surface area (Å²) in [5.74, 6) is -4.03. The van der Waals surface area contributed by atoms with Crippen LogP contribution in [0.2, 0.25) is 0 Å². The van der Waals surface area contributed by atoms with Crippen LogP contribution in [0.25, 0.3) is 5.57 Å². The average Bonchev–Trinajstić information content (AvgIpc) is 3.61. The Labute approximate surface area is 245 Å². The average molecular weight is 616 g/mol. The predicted octanol–water partition coefficient (Wildman–Crippen LogP) is 5.30. The van der Waals surface area contributed by atoms with Crippen LogP contribution in [-0.4, -0.2) is 50.9 Å². The number of aliphatic hydroxyl groups is 1. The van der Waals surface area contributed by atoms with E-state index in [2.05, 4.69) is 15.3 Å². The third kappa shape index (κ3) is 4.99. The minimum Gasteiger partial charge on any atom is -0.393 e. The molecule has 0 saturated heterocycles. The van der Waals surface area contributed by atoms with Gasteiger partial charge in [-0.1, -0.05) is 72.3 Å². The summed E-state index contributed by atoms with van der Waals surface area (Å²) in [5.41, 5.74) is -1.59. The number of hydrogen-bond acceptors (Lipinski definition) is 6. The lowest BCUT2D eigenvalue weighted by molar-refractivity contribution is -0.141. The maximum Gasteiger partial charge on any atom is 0.434 e. The number of imidazole rings is 1. The zero-order valence-corrected chi connectivity index (χ0v) is 24.5. The van der Waals surface area contributed by atoms with Crippen molar-refractivity contribution in [3.05, 3.63) is 118 Å². The third-order valence-electron chi connectivity index (χ3n) is 7.85. The molecule has 0 bridgehead atoms. The first-order valence-electron chi connectivity index (χ1n) is 13.2. The molecule has 2 heterocycles. The fraction of sp³-hybridized carbons (Fsp3) is 0.300. The first-order chi connectivity index (χ1) is 20.1. The van der Waals surface area contributed by atoms with E-state index in [0.717, 1.165) is 32.7 Å². The van der Waals surface area contributed by atoms with Gasteiger partial charge in [0.25, 0.3) is 5.79 Å². The number of sulfone groups is 1. The summed E-state index contributed by atoms with van der Waals surface area (Å²) < 4.78 is 88.6. The van der Waals surface area contributed by atoms with Gasteiger partial charge in [0.15, 0.2) is 21.1 Å². The van der Waals surface area contributed by atoms with Crippen LogP contribution in [0.1, 0.15) is 46.7 Å². The van der Waals surface area contributed by atoms with E-state index in [1.54, 1.807) is 37.3 Å². The molecule has 8 nitrogen and oxygen atoms in total. The van der Waals surface area contributed by atoms with E-state index in [1.807, 2.05) is 31.2 Å². The third-order valence-corrected chi connectivity index (χ3v) is 9.10. The van der Waals surface area contributed by atoms with Crippen molar-refractivity contribution in [1.29, 1.82) is 0 Å². The van der Waals surface area contributed by atoms with Gasteiger partial charge in [-0.3, -0.25) is 0 Å². The van der Waals surface area contributed by atoms with Crippen LogP contribution < -0.4 is 0 Å². The molecule has 1 aliphatic carbocycles. The number of benzene rings is 2. The largest absolute Gasteiger partial charge is 0.434 e. The van der Waals surface area contributed by atoms with Gasteiger partial charge in [0.1, 0.15) is 5.82 Å². The Hall–Kier alpha value is -4.10. The normalized spacial score (nSPS) is 21.8. The monoisotopic (exact) mass is 615 g/mol. The van der Waals surface area contributed by atoms with Crippen LogP contribution in [0.5, 0.6) is 0 Å². The molecule has 3 unspecified atom stereocenters. The van der Waals surface area contributed by atoms with Gasteiger partial charge in [0.2, 0.25) is 0 Å². The Morgan fingerprint density at radius 1 is 1.05 bits per heavy atom. The lowest BCUT2D eigenvalue weighted by Crippen LogP contribution is -2.60. The molecule has 43 heavy (non-hydrogen) atoms. The minimum atomic E-state index is -4.93. The lowest BCUT2D eigenvalue weighted by Gasteiger charge is -2.47. The molecule has 2 aromatic heterocycles. The number of aromatic nitrogens is 5. The molecule has 0 radical (unpaired) electrons. The summed E-state index contributed by atoms with van der Waals surface area (Å²) in [6, 6.07) is 15.8. The van der Waals surface area contributed by atoms with Gasteiger partial charge in [-0.25, -0.2) is 22.5 Å². The van der Waals surface area contributed by atoms with Gasteiger partial charge in [0.05, 0.1) is 23.4 Å². The van der Waals surface area contributed by atoms with Crippen LogP contribution in [0, 0.1) is 13.8 Å². The zero-order valence-electron chi connectivity index (χ0n) is 23.7. The van der Waals surface area contributed by atoms with E-state index in [4.69, 9.17) is 0 Å². The van der Waals surface area contributed by atoms with Crippen molar-refractivity contribution in [2.45, 2.75) is 44.2 Å². The number of allylic oxidation sites excluding steroid dienone is 3. The topological polar surface area (TPSA) is 103 Å². The molecule has 4 aromatic rings. The number of aryl methyl sites for hydroxylation is 2. The molecule has 0 amide bonds. The molecule has 0 aliphatic heterocycles. The summed E-state index contributed by atoms with van der Waals surface area (Å²) in [6.07, 6.45) is -0.0552. The first kappa shape index (κ1) is 30.4. The number of alkyl halides is 4. The van der Waals surface area contributed by atoms with Crippen molar-refractivity contribution in [3.63, 3.8) is 0 Å². The van der Waals surface area contributed by atoms with Crippen LogP contribution in [0.4, 0.5) is 17.6 Å². The number of nitrogens with zero attached hydrogens (tertiary/aromatic N) is 5. The van der Waals surface area contributed by atoms with Crippen molar-refractivity contribution < 1.29 is 31.1 Å². The molecular formula is C30H29F4N5O3S. The lowest BCUT2D eigenvalue weighted by atomic mass is 9.79. The second kappa shape index (κ2) is 10.6. The summed E-state index contributed by atoms with van der Waals surface area (Å²) in [5, 5.41) is 19.0. The Kier molecular flexibility index (Phi) is 7.46. The van der Waals surface area contributed by atoms with Crippen molar-refractivity contribution in [2.75, 3.05) is 12.9 Å². The highest BCUT2D eigenvalue weighted by Gasteiger charge is 2.63. The maximum absolute atomic E-state index is 18.5. The minimum absolute atomic E-state index is 0.117. The highest BCUT2D eigenvalue weighted by molar-refractivity contribution is 7.94. The van der Waals surface area contributed by atoms with Crippen molar-refractivity contribution in [3.8, 4) is 0 Å². The van der Waals surface area contributed by atoms with Gasteiger partial charge in [-0.2, -0.15) is 13.2 Å². The summed E-state index contributed by atoms with van der Waals surface area (Å²) >= 11 is 0. The number of rotatable bonds is 7. The van der Waals surface area contributed by atoms with E-state index in [1.165, 1.54) is 19.2 Å². The number of aliphatic hydroxyl groups excluding tert-OH is 1. The fourth-order valence-corrected chi connectivity index (χ4v) is 6.87. The molecular weight excluding hydrogens is 586 g/mol. The molecule has 2 aromatic carbocycles. The molecule has 13 heteroatoms. The summed E-state index contributed by atoms with van der Waals surface area (Å²) in [4.78, 5) is 2.91. The molecule has 5 rings (SSSR count). The molecule has 0 saturated carbocycles.